The van der Waals surface area contributed by atoms with Crippen LogP contribution in [0.25, 0.3) is 0 Å². The highest BCUT2D eigenvalue weighted by molar-refractivity contribution is 6.47. The third kappa shape index (κ3) is 6.80. The van der Waals surface area contributed by atoms with E-state index in [0.717, 1.165) is 5.69 Å². The summed E-state index contributed by atoms with van der Waals surface area (Å²) in [5, 5.41) is 14.9. The van der Waals surface area contributed by atoms with Crippen molar-refractivity contribution in [3.63, 3.8) is 0 Å². The number of nitriles is 1. The van der Waals surface area contributed by atoms with Gasteiger partial charge in [-0.3, -0.25) is 15.5 Å². The first kappa shape index (κ1) is 23.9. The molecule has 162 valence electrons. The van der Waals surface area contributed by atoms with Gasteiger partial charge in [-0.25, -0.2) is 14.8 Å². The molecule has 31 heavy (non-hydrogen) atoms. The van der Waals surface area contributed by atoms with Gasteiger partial charge >= 0.3 is 6.09 Å². The lowest BCUT2D eigenvalue weighted by molar-refractivity contribution is -0.114. The molecule has 0 aliphatic carbocycles. The van der Waals surface area contributed by atoms with Crippen LogP contribution in [0.2, 0.25) is 10.0 Å². The van der Waals surface area contributed by atoms with Crippen molar-refractivity contribution < 1.29 is 19.1 Å². The van der Waals surface area contributed by atoms with Crippen LogP contribution in [0.3, 0.4) is 0 Å². The van der Waals surface area contributed by atoms with Crippen molar-refractivity contribution in [2.24, 2.45) is 5.10 Å². The maximum Gasteiger partial charge on any atom is 0.414 e. The molecule has 2 rings (SSSR count). The van der Waals surface area contributed by atoms with Crippen LogP contribution >= 0.6 is 23.2 Å². The van der Waals surface area contributed by atoms with E-state index in [1.165, 1.54) is 18.5 Å². The monoisotopic (exact) mass is 464 g/mol. The van der Waals surface area contributed by atoms with Crippen LogP contribution in [0.1, 0.15) is 32.4 Å². The summed E-state index contributed by atoms with van der Waals surface area (Å²) in [7, 11) is 0. The summed E-state index contributed by atoms with van der Waals surface area (Å²) in [6.45, 7) is 5.60. The third-order valence-electron chi connectivity index (χ3n) is 3.57. The first-order valence-electron chi connectivity index (χ1n) is 8.95. The van der Waals surface area contributed by atoms with Gasteiger partial charge in [0.15, 0.2) is 5.75 Å². The predicted molar refractivity (Wildman–Crippen MR) is 114 cm³/mol. The van der Waals surface area contributed by atoms with Crippen LogP contribution in [0.5, 0.6) is 11.6 Å². The van der Waals surface area contributed by atoms with E-state index in [9.17, 15) is 9.59 Å². The number of halogens is 2. The van der Waals surface area contributed by atoms with E-state index in [2.05, 4.69) is 25.2 Å². The number of nitrogens with zero attached hydrogens (tertiary/aromatic N) is 4. The van der Waals surface area contributed by atoms with Crippen molar-refractivity contribution in [3.8, 4) is 17.7 Å². The molecular weight excluding hydrogens is 447 g/mol. The number of nitrogens with one attached hydrogen (secondary N) is 2. The molecule has 12 heteroatoms. The first-order valence-corrected chi connectivity index (χ1v) is 9.71. The van der Waals surface area contributed by atoms with E-state index in [1.807, 2.05) is 19.2 Å². The molecule has 0 unspecified atom stereocenters. The van der Waals surface area contributed by atoms with Gasteiger partial charge in [0.25, 0.3) is 5.91 Å². The van der Waals surface area contributed by atoms with E-state index >= 15 is 0 Å². The number of hydrazone groups is 1. The number of benzene rings is 1. The minimum absolute atomic E-state index is 0.0651. The molecule has 2 amide bonds. The van der Waals surface area contributed by atoms with Crippen molar-refractivity contribution in [3.05, 3.63) is 40.3 Å². The second-order valence-corrected chi connectivity index (χ2v) is 6.98. The predicted octanol–water partition coefficient (Wildman–Crippen LogP) is 4.26. The van der Waals surface area contributed by atoms with Crippen LogP contribution in [0.4, 0.5) is 10.5 Å². The molecule has 0 spiro atoms. The molecule has 10 nitrogen and oxygen atoms in total. The molecular formula is C19H18Cl2N6O4. The van der Waals surface area contributed by atoms with Crippen molar-refractivity contribution in [1.29, 1.82) is 5.26 Å². The lowest BCUT2D eigenvalue weighted by atomic mass is 10.1. The minimum Gasteiger partial charge on any atom is -0.450 e. The highest BCUT2D eigenvalue weighted by Gasteiger charge is 2.16. The largest absolute Gasteiger partial charge is 0.450 e. The van der Waals surface area contributed by atoms with Crippen molar-refractivity contribution in [1.82, 2.24) is 15.3 Å². The molecule has 1 heterocycles. The van der Waals surface area contributed by atoms with Crippen LogP contribution < -0.4 is 15.5 Å². The summed E-state index contributed by atoms with van der Waals surface area (Å²) in [5.74, 6) is -0.429. The smallest absolute Gasteiger partial charge is 0.414 e. The van der Waals surface area contributed by atoms with Crippen molar-refractivity contribution >= 4 is 46.6 Å². The molecule has 0 atom stereocenters. The Morgan fingerprint density at radius 3 is 2.48 bits per heavy atom. The number of hydrogen-bond acceptors (Lipinski definition) is 9. The maximum absolute atomic E-state index is 11.9. The zero-order valence-corrected chi connectivity index (χ0v) is 18.3. The summed E-state index contributed by atoms with van der Waals surface area (Å²) in [6, 6.07) is 6.10. The van der Waals surface area contributed by atoms with Crippen LogP contribution in [0.15, 0.2) is 29.6 Å². The zero-order chi connectivity index (χ0) is 23.0. The van der Waals surface area contributed by atoms with Gasteiger partial charge in [0.2, 0.25) is 11.6 Å². The lowest BCUT2D eigenvalue weighted by Crippen LogP contribution is -2.36. The molecule has 1 aromatic carbocycles. The summed E-state index contributed by atoms with van der Waals surface area (Å²) >= 11 is 12.5. The Morgan fingerprint density at radius 1 is 1.23 bits per heavy atom. The number of amides is 2. The van der Waals surface area contributed by atoms with Gasteiger partial charge < -0.3 is 9.47 Å². The van der Waals surface area contributed by atoms with Gasteiger partial charge in [0, 0.05) is 6.07 Å². The van der Waals surface area contributed by atoms with Gasteiger partial charge in [0.05, 0.1) is 28.0 Å². The zero-order valence-electron chi connectivity index (χ0n) is 16.8. The highest BCUT2D eigenvalue weighted by Crippen LogP contribution is 2.38. The van der Waals surface area contributed by atoms with Crippen LogP contribution in [-0.4, -0.2) is 34.3 Å². The average Bonchev–Trinajstić information content (AvgIpc) is 2.71. The molecule has 2 N–H and O–H groups in total. The van der Waals surface area contributed by atoms with E-state index < -0.39 is 17.7 Å². The van der Waals surface area contributed by atoms with Crippen LogP contribution in [-0.2, 0) is 9.53 Å². The molecule has 0 saturated carbocycles. The Balaban J connectivity index is 2.17. The quantitative estimate of drug-likeness (QED) is 0.457. The van der Waals surface area contributed by atoms with Gasteiger partial charge in [-0.2, -0.15) is 10.4 Å². The fourth-order valence-corrected chi connectivity index (χ4v) is 2.68. The fourth-order valence-electron chi connectivity index (χ4n) is 2.12. The number of imide groups is 1. The molecule has 0 saturated heterocycles. The number of ether oxygens (including phenoxy) is 2. The lowest BCUT2D eigenvalue weighted by Gasteiger charge is -2.12. The van der Waals surface area contributed by atoms with Gasteiger partial charge in [-0.15, -0.1) is 0 Å². The highest BCUT2D eigenvalue weighted by atomic mass is 35.5. The second kappa shape index (κ2) is 11.1. The Morgan fingerprint density at radius 2 is 1.90 bits per heavy atom. The minimum atomic E-state index is -1.03. The SMILES string of the molecule is CCOC(=O)NC(=O)/C(C#N)=N/Nc1cc(Cl)c(Oc2cc(C(C)C)ncn2)c(Cl)c1. The number of hydrogen-bond donors (Lipinski definition) is 2. The Hall–Kier alpha value is -3.42. The van der Waals surface area contributed by atoms with E-state index in [4.69, 9.17) is 33.2 Å². The summed E-state index contributed by atoms with van der Waals surface area (Å²) in [4.78, 5) is 31.3. The molecule has 0 fully saturated rings. The van der Waals surface area contributed by atoms with Crippen molar-refractivity contribution in [2.75, 3.05) is 12.0 Å². The van der Waals surface area contributed by atoms with Crippen molar-refractivity contribution in [2.45, 2.75) is 26.7 Å². The Labute approximate surface area is 188 Å². The fraction of sp³-hybridized carbons (Fsp3) is 0.263. The summed E-state index contributed by atoms with van der Waals surface area (Å²) in [5.41, 5.74) is 2.93. The van der Waals surface area contributed by atoms with E-state index in [1.54, 1.807) is 19.1 Å². The molecule has 0 radical (unpaired) electrons. The normalized spacial score (nSPS) is 10.9. The summed E-state index contributed by atoms with van der Waals surface area (Å²) < 4.78 is 10.3. The maximum atomic E-state index is 11.9. The number of carbonyl (C=O) groups excluding carboxylic acids is 2. The van der Waals surface area contributed by atoms with Crippen LogP contribution in [0, 0.1) is 11.3 Å². The molecule has 0 bridgehead atoms. The number of rotatable bonds is 7. The number of alkyl carbamates (subject to hydrolysis) is 1. The molecule has 2 aromatic rings. The van der Waals surface area contributed by atoms with E-state index in [0.29, 0.717) is 0 Å². The first-order chi connectivity index (χ1) is 14.7. The topological polar surface area (TPSA) is 139 Å². The molecule has 0 aliphatic heterocycles. The van der Waals surface area contributed by atoms with Gasteiger partial charge in [-0.05, 0) is 25.0 Å². The average molecular weight is 465 g/mol. The third-order valence-corrected chi connectivity index (χ3v) is 4.13. The Kier molecular flexibility index (Phi) is 8.54. The van der Waals surface area contributed by atoms with E-state index in [-0.39, 0.29) is 39.9 Å². The number of carbonyl (C=O) groups is 2. The summed E-state index contributed by atoms with van der Waals surface area (Å²) in [6.07, 6.45) is 0.385. The number of aromatic nitrogens is 2. The Bertz CT molecular complexity index is 1030. The van der Waals surface area contributed by atoms with Gasteiger partial charge in [-0.1, -0.05) is 37.0 Å². The standard InChI is InChI=1S/C19H18Cl2N6O4/c1-4-30-19(29)25-18(28)15(8-22)27-26-11-5-12(20)17(13(21)6-11)31-16-7-14(10(2)3)23-9-24-16/h5-7,9-10,26H,4H2,1-3H3,(H,25,28,29)/b27-15+. The van der Waals surface area contributed by atoms with Gasteiger partial charge in [0.1, 0.15) is 12.4 Å². The number of anilines is 1. The molecule has 1 aromatic heterocycles. The molecule has 0 aliphatic rings. The second-order valence-electron chi connectivity index (χ2n) is 6.17.